The summed E-state index contributed by atoms with van der Waals surface area (Å²) in [6, 6.07) is 5.38. The molecule has 0 saturated carbocycles. The lowest BCUT2D eigenvalue weighted by molar-refractivity contribution is 0.406. The zero-order chi connectivity index (χ0) is 16.4. The Hall–Kier alpha value is -1.18. The number of aliphatic imine (C=N–C) groups is 1. The van der Waals surface area contributed by atoms with Crippen molar-refractivity contribution in [3.63, 3.8) is 0 Å². The fourth-order valence-corrected chi connectivity index (χ4v) is 1.97. The lowest BCUT2D eigenvalue weighted by atomic mass is 10.1. The minimum absolute atomic E-state index is 0. The molecule has 6 heteroatoms. The van der Waals surface area contributed by atoms with E-state index in [-0.39, 0.29) is 29.7 Å². The highest BCUT2D eigenvalue weighted by Gasteiger charge is 2.04. The van der Waals surface area contributed by atoms with Crippen LogP contribution < -0.4 is 15.4 Å². The smallest absolute Gasteiger partial charge is 0.191 e. The topological polar surface area (TPSA) is 65.9 Å². The summed E-state index contributed by atoms with van der Waals surface area (Å²) in [6.45, 7) is 8.81. The summed E-state index contributed by atoms with van der Waals surface area (Å²) in [5.41, 5.74) is 0.895. The van der Waals surface area contributed by atoms with Crippen LogP contribution in [-0.4, -0.2) is 37.8 Å². The lowest BCUT2D eigenvalue weighted by Gasteiger charge is -2.12. The normalized spacial score (nSPS) is 11.1. The second-order valence-electron chi connectivity index (χ2n) is 5.61. The van der Waals surface area contributed by atoms with E-state index in [1.165, 1.54) is 0 Å². The second kappa shape index (κ2) is 12.3. The SMILES string of the molecule is CCNC(=NCCC(C)C)NCCc1ccc(OC)cc1O.I. The van der Waals surface area contributed by atoms with Crippen molar-refractivity contribution < 1.29 is 9.84 Å². The maximum Gasteiger partial charge on any atom is 0.191 e. The number of halogens is 1. The molecule has 5 nitrogen and oxygen atoms in total. The van der Waals surface area contributed by atoms with E-state index in [0.29, 0.717) is 18.2 Å². The molecule has 1 rings (SSSR count). The van der Waals surface area contributed by atoms with Crippen molar-refractivity contribution in [3.05, 3.63) is 23.8 Å². The number of rotatable bonds is 8. The summed E-state index contributed by atoms with van der Waals surface area (Å²) in [4.78, 5) is 4.55. The molecule has 0 spiro atoms. The van der Waals surface area contributed by atoms with Gasteiger partial charge in [0.2, 0.25) is 0 Å². The zero-order valence-electron chi connectivity index (χ0n) is 14.6. The average Bonchev–Trinajstić information content (AvgIpc) is 2.48. The van der Waals surface area contributed by atoms with Crippen molar-refractivity contribution in [1.82, 2.24) is 10.6 Å². The maximum atomic E-state index is 9.94. The largest absolute Gasteiger partial charge is 0.508 e. The first kappa shape index (κ1) is 21.8. The van der Waals surface area contributed by atoms with E-state index in [9.17, 15) is 5.11 Å². The molecule has 0 aliphatic rings. The fraction of sp³-hybridized carbons (Fsp3) is 0.588. The Kier molecular flexibility index (Phi) is 11.6. The first-order valence-electron chi connectivity index (χ1n) is 7.94. The predicted molar refractivity (Wildman–Crippen MR) is 107 cm³/mol. The summed E-state index contributed by atoms with van der Waals surface area (Å²) in [5.74, 6) is 2.42. The predicted octanol–water partition coefficient (Wildman–Crippen LogP) is 3.16. The van der Waals surface area contributed by atoms with Gasteiger partial charge in [-0.1, -0.05) is 19.9 Å². The van der Waals surface area contributed by atoms with E-state index in [1.807, 2.05) is 12.1 Å². The number of ether oxygens (including phenoxy) is 1. The van der Waals surface area contributed by atoms with Crippen molar-refractivity contribution in [2.75, 3.05) is 26.7 Å². The molecule has 0 radical (unpaired) electrons. The Bertz CT molecular complexity index is 479. The minimum atomic E-state index is 0. The van der Waals surface area contributed by atoms with Gasteiger partial charge < -0.3 is 20.5 Å². The van der Waals surface area contributed by atoms with Gasteiger partial charge in [-0.25, -0.2) is 0 Å². The highest BCUT2D eigenvalue weighted by Crippen LogP contribution is 2.23. The molecule has 0 bridgehead atoms. The summed E-state index contributed by atoms with van der Waals surface area (Å²) >= 11 is 0. The molecule has 1 aromatic carbocycles. The number of benzene rings is 1. The van der Waals surface area contributed by atoms with E-state index >= 15 is 0 Å². The van der Waals surface area contributed by atoms with E-state index in [1.54, 1.807) is 13.2 Å². The number of nitrogens with one attached hydrogen (secondary N) is 2. The molecule has 0 heterocycles. The summed E-state index contributed by atoms with van der Waals surface area (Å²) in [6.07, 6.45) is 1.81. The molecule has 0 saturated heterocycles. The third-order valence-electron chi connectivity index (χ3n) is 3.30. The maximum absolute atomic E-state index is 9.94. The second-order valence-corrected chi connectivity index (χ2v) is 5.61. The molecule has 1 aromatic rings. The molecule has 3 N–H and O–H groups in total. The number of aromatic hydroxyl groups is 1. The standard InChI is InChI=1S/C17H29N3O2.HI/c1-5-18-17(19-10-8-13(2)3)20-11-9-14-6-7-15(22-4)12-16(14)21;/h6-7,12-13,21H,5,8-11H2,1-4H3,(H2,18,19,20);1H. The van der Waals surface area contributed by atoms with Gasteiger partial charge in [-0.05, 0) is 37.3 Å². The average molecular weight is 435 g/mol. The van der Waals surface area contributed by atoms with Crippen LogP contribution in [0.2, 0.25) is 0 Å². The Labute approximate surface area is 156 Å². The Balaban J connectivity index is 0.00000484. The highest BCUT2D eigenvalue weighted by atomic mass is 127. The van der Waals surface area contributed by atoms with Crippen LogP contribution in [0.3, 0.4) is 0 Å². The van der Waals surface area contributed by atoms with E-state index in [0.717, 1.165) is 37.5 Å². The van der Waals surface area contributed by atoms with Crippen molar-refractivity contribution in [2.45, 2.75) is 33.6 Å². The zero-order valence-corrected chi connectivity index (χ0v) is 16.9. The van der Waals surface area contributed by atoms with Gasteiger partial charge in [0.05, 0.1) is 7.11 Å². The Morgan fingerprint density at radius 2 is 2.04 bits per heavy atom. The van der Waals surface area contributed by atoms with Crippen LogP contribution in [0, 0.1) is 5.92 Å². The number of phenolic OH excluding ortho intramolecular Hbond substituents is 1. The number of phenols is 1. The molecule has 0 aliphatic carbocycles. The Morgan fingerprint density at radius 3 is 2.61 bits per heavy atom. The molecule has 0 aliphatic heterocycles. The van der Waals surface area contributed by atoms with Crippen LogP contribution >= 0.6 is 24.0 Å². The summed E-state index contributed by atoms with van der Waals surface area (Å²) in [7, 11) is 1.59. The van der Waals surface area contributed by atoms with Gasteiger partial charge in [-0.2, -0.15) is 0 Å². The number of hydrogen-bond acceptors (Lipinski definition) is 3. The van der Waals surface area contributed by atoms with Gasteiger partial charge in [-0.15, -0.1) is 24.0 Å². The molecule has 0 fully saturated rings. The van der Waals surface area contributed by atoms with Crippen molar-refractivity contribution >= 4 is 29.9 Å². The van der Waals surface area contributed by atoms with Crippen molar-refractivity contribution in [2.24, 2.45) is 10.9 Å². The third kappa shape index (κ3) is 8.88. The molecule has 23 heavy (non-hydrogen) atoms. The molecule has 0 unspecified atom stereocenters. The van der Waals surface area contributed by atoms with E-state index in [2.05, 4.69) is 36.4 Å². The first-order valence-corrected chi connectivity index (χ1v) is 7.94. The van der Waals surface area contributed by atoms with Gasteiger partial charge in [0.25, 0.3) is 0 Å². The molecular formula is C17H30IN3O2. The van der Waals surface area contributed by atoms with Crippen LogP contribution in [0.4, 0.5) is 0 Å². The number of methoxy groups -OCH3 is 1. The molecular weight excluding hydrogens is 405 g/mol. The van der Waals surface area contributed by atoms with Gasteiger partial charge in [0.1, 0.15) is 11.5 Å². The van der Waals surface area contributed by atoms with Crippen LogP contribution in [-0.2, 0) is 6.42 Å². The molecule has 0 atom stereocenters. The van der Waals surface area contributed by atoms with Crippen LogP contribution in [0.15, 0.2) is 23.2 Å². The molecule has 0 amide bonds. The monoisotopic (exact) mass is 435 g/mol. The third-order valence-corrected chi connectivity index (χ3v) is 3.30. The van der Waals surface area contributed by atoms with Crippen LogP contribution in [0.1, 0.15) is 32.8 Å². The summed E-state index contributed by atoms with van der Waals surface area (Å²) in [5, 5.41) is 16.5. The minimum Gasteiger partial charge on any atom is -0.508 e. The fourth-order valence-electron chi connectivity index (χ4n) is 1.97. The Morgan fingerprint density at radius 1 is 1.30 bits per heavy atom. The number of hydrogen-bond donors (Lipinski definition) is 3. The van der Waals surface area contributed by atoms with Crippen LogP contribution in [0.5, 0.6) is 11.5 Å². The van der Waals surface area contributed by atoms with Gasteiger partial charge in [0, 0.05) is 25.7 Å². The number of guanidine groups is 1. The van der Waals surface area contributed by atoms with Gasteiger partial charge in [-0.3, -0.25) is 4.99 Å². The van der Waals surface area contributed by atoms with Crippen LogP contribution in [0.25, 0.3) is 0 Å². The molecule has 0 aromatic heterocycles. The first-order chi connectivity index (χ1) is 10.6. The van der Waals surface area contributed by atoms with E-state index in [4.69, 9.17) is 4.74 Å². The number of nitrogens with zero attached hydrogens (tertiary/aromatic N) is 1. The lowest BCUT2D eigenvalue weighted by Crippen LogP contribution is -2.38. The summed E-state index contributed by atoms with van der Waals surface area (Å²) < 4.78 is 5.08. The van der Waals surface area contributed by atoms with Crippen molar-refractivity contribution in [1.29, 1.82) is 0 Å². The quantitative estimate of drug-likeness (QED) is 0.334. The van der Waals surface area contributed by atoms with Crippen molar-refractivity contribution in [3.8, 4) is 11.5 Å². The van der Waals surface area contributed by atoms with E-state index < -0.39 is 0 Å². The van der Waals surface area contributed by atoms with Gasteiger partial charge in [0.15, 0.2) is 5.96 Å². The van der Waals surface area contributed by atoms with Gasteiger partial charge >= 0.3 is 0 Å². The highest BCUT2D eigenvalue weighted by molar-refractivity contribution is 14.0. The molecule has 132 valence electrons.